The number of hydrogen-bond donors (Lipinski definition) is 0. The highest BCUT2D eigenvalue weighted by Gasteiger charge is 2.29. The minimum Gasteiger partial charge on any atom is -0.356 e. The maximum Gasteiger partial charge on any atom is 0.225 e. The van der Waals surface area contributed by atoms with Gasteiger partial charge in [0.05, 0.1) is 17.0 Å². The highest BCUT2D eigenvalue weighted by Crippen LogP contribution is 2.35. The van der Waals surface area contributed by atoms with E-state index in [1.807, 2.05) is 41.8 Å². The molecule has 0 aliphatic carbocycles. The molecule has 9 nitrogen and oxygen atoms in total. The second-order valence-electron chi connectivity index (χ2n) is 9.10. The van der Waals surface area contributed by atoms with Gasteiger partial charge < -0.3 is 14.3 Å². The first-order valence-electron chi connectivity index (χ1n) is 11.9. The number of nitrogens with zero attached hydrogens (tertiary/aromatic N) is 7. The second kappa shape index (κ2) is 9.33. The molecule has 2 fully saturated rings. The molecule has 0 radical (unpaired) electrons. The fourth-order valence-corrected chi connectivity index (χ4v) is 4.84. The van der Waals surface area contributed by atoms with Crippen LogP contribution in [-0.4, -0.2) is 61.9 Å². The van der Waals surface area contributed by atoms with Crippen molar-refractivity contribution in [3.05, 3.63) is 41.6 Å². The van der Waals surface area contributed by atoms with E-state index in [9.17, 15) is 4.79 Å². The summed E-state index contributed by atoms with van der Waals surface area (Å²) in [6.45, 7) is 8.03. The minimum absolute atomic E-state index is 0.190. The van der Waals surface area contributed by atoms with Gasteiger partial charge in [0, 0.05) is 69.2 Å². The molecule has 0 bridgehead atoms. The molecule has 2 aliphatic heterocycles. The molecule has 3 aromatic heterocycles. The first-order valence-corrected chi connectivity index (χ1v) is 11.9. The third-order valence-electron chi connectivity index (χ3n) is 6.79. The summed E-state index contributed by atoms with van der Waals surface area (Å²) in [7, 11) is 0. The summed E-state index contributed by atoms with van der Waals surface area (Å²) in [6, 6.07) is 3.90. The Labute approximate surface area is 193 Å². The van der Waals surface area contributed by atoms with Gasteiger partial charge in [-0.2, -0.15) is 5.10 Å². The van der Waals surface area contributed by atoms with Crippen molar-refractivity contribution in [1.82, 2.24) is 29.8 Å². The predicted molar refractivity (Wildman–Crippen MR) is 124 cm³/mol. The third kappa shape index (κ3) is 4.62. The molecule has 33 heavy (non-hydrogen) atoms. The Bertz CT molecular complexity index is 1110. The first kappa shape index (κ1) is 21.6. The van der Waals surface area contributed by atoms with Crippen LogP contribution in [0, 0.1) is 13.8 Å². The number of anilines is 1. The predicted octanol–water partition coefficient (Wildman–Crippen LogP) is 3.34. The third-order valence-corrected chi connectivity index (χ3v) is 6.79. The molecule has 0 N–H and O–H groups in total. The van der Waals surface area contributed by atoms with Crippen molar-refractivity contribution < 1.29 is 9.32 Å². The van der Waals surface area contributed by atoms with Gasteiger partial charge >= 0.3 is 0 Å². The number of hydrogen-bond acceptors (Lipinski definition) is 7. The van der Waals surface area contributed by atoms with Crippen LogP contribution in [-0.2, 0) is 11.3 Å². The van der Waals surface area contributed by atoms with Gasteiger partial charge in [0.25, 0.3) is 0 Å². The Kier molecular flexibility index (Phi) is 6.11. The van der Waals surface area contributed by atoms with Crippen LogP contribution in [0.25, 0.3) is 11.3 Å². The van der Waals surface area contributed by atoms with Crippen molar-refractivity contribution in [2.45, 2.75) is 58.4 Å². The monoisotopic (exact) mass is 449 g/mol. The zero-order chi connectivity index (χ0) is 22.8. The number of rotatable bonds is 6. The van der Waals surface area contributed by atoms with Crippen LogP contribution in [0.4, 0.5) is 5.95 Å². The van der Waals surface area contributed by atoms with Crippen LogP contribution >= 0.6 is 0 Å². The van der Waals surface area contributed by atoms with E-state index in [0.717, 1.165) is 67.6 Å². The number of aryl methyl sites for hydroxylation is 3. The number of carbonyl (C=O) groups is 1. The molecule has 5 rings (SSSR count). The summed E-state index contributed by atoms with van der Waals surface area (Å²) in [5.41, 5.74) is 3.85. The molecule has 174 valence electrons. The average Bonchev–Trinajstić information content (AvgIpc) is 3.60. The normalized spacial score (nSPS) is 17.2. The topological polar surface area (TPSA) is 93.2 Å². The summed E-state index contributed by atoms with van der Waals surface area (Å²) in [4.78, 5) is 26.7. The van der Waals surface area contributed by atoms with Crippen molar-refractivity contribution in [1.29, 1.82) is 0 Å². The van der Waals surface area contributed by atoms with E-state index in [0.29, 0.717) is 18.7 Å². The van der Waals surface area contributed by atoms with E-state index in [2.05, 4.69) is 20.1 Å². The van der Waals surface area contributed by atoms with Gasteiger partial charge in [-0.1, -0.05) is 5.16 Å². The van der Waals surface area contributed by atoms with E-state index < -0.39 is 0 Å². The molecular formula is C24H31N7O2. The fourth-order valence-electron chi connectivity index (χ4n) is 4.84. The lowest BCUT2D eigenvalue weighted by Crippen LogP contribution is -2.38. The Morgan fingerprint density at radius 3 is 2.61 bits per heavy atom. The van der Waals surface area contributed by atoms with Crippen LogP contribution in [0.5, 0.6) is 0 Å². The second-order valence-corrected chi connectivity index (χ2v) is 9.10. The highest BCUT2D eigenvalue weighted by atomic mass is 16.5. The van der Waals surface area contributed by atoms with E-state index in [1.54, 1.807) is 6.20 Å². The van der Waals surface area contributed by atoms with Crippen LogP contribution in [0.15, 0.2) is 29.0 Å². The Balaban J connectivity index is 1.30. The Hall–Kier alpha value is -3.23. The van der Waals surface area contributed by atoms with Gasteiger partial charge in [-0.25, -0.2) is 9.97 Å². The van der Waals surface area contributed by atoms with Crippen LogP contribution < -0.4 is 4.90 Å². The van der Waals surface area contributed by atoms with Gasteiger partial charge in [0.2, 0.25) is 11.9 Å². The molecule has 2 aliphatic rings. The van der Waals surface area contributed by atoms with Crippen LogP contribution in [0.1, 0.15) is 55.1 Å². The van der Waals surface area contributed by atoms with E-state index >= 15 is 0 Å². The standard InChI is InChI=1S/C24H31N7O2/c1-17-15-21(33-28-17)20-16-25-24(30-10-3-4-11-30)27-23(20)19-6-12-29(13-7-19)22(32)8-14-31-18(2)5-9-26-31/h5,9,15-16,19H,3-4,6-8,10-14H2,1-2H3. The first-order chi connectivity index (χ1) is 16.1. The number of piperidine rings is 1. The molecule has 3 aromatic rings. The molecule has 0 aromatic carbocycles. The van der Waals surface area contributed by atoms with Crippen molar-refractivity contribution in [3.63, 3.8) is 0 Å². The zero-order valence-corrected chi connectivity index (χ0v) is 19.4. The largest absolute Gasteiger partial charge is 0.356 e. The van der Waals surface area contributed by atoms with Crippen LogP contribution in [0.3, 0.4) is 0 Å². The molecule has 9 heteroatoms. The van der Waals surface area contributed by atoms with E-state index in [4.69, 9.17) is 9.51 Å². The Morgan fingerprint density at radius 1 is 1.15 bits per heavy atom. The van der Waals surface area contributed by atoms with Gasteiger partial charge in [-0.15, -0.1) is 0 Å². The summed E-state index contributed by atoms with van der Waals surface area (Å²) in [5, 5.41) is 8.34. The smallest absolute Gasteiger partial charge is 0.225 e. The lowest BCUT2D eigenvalue weighted by atomic mass is 9.90. The zero-order valence-electron chi connectivity index (χ0n) is 19.4. The molecule has 0 saturated carbocycles. The lowest BCUT2D eigenvalue weighted by Gasteiger charge is -2.32. The highest BCUT2D eigenvalue weighted by molar-refractivity contribution is 5.76. The average molecular weight is 450 g/mol. The maximum atomic E-state index is 12.8. The number of aromatic nitrogens is 5. The van der Waals surface area contributed by atoms with E-state index in [1.165, 1.54) is 12.8 Å². The molecule has 0 atom stereocenters. The van der Waals surface area contributed by atoms with Gasteiger partial charge in [0.15, 0.2) is 5.76 Å². The molecular weight excluding hydrogens is 418 g/mol. The van der Waals surface area contributed by atoms with Crippen LogP contribution in [0.2, 0.25) is 0 Å². The summed E-state index contributed by atoms with van der Waals surface area (Å²) >= 11 is 0. The van der Waals surface area contributed by atoms with E-state index in [-0.39, 0.29) is 11.8 Å². The molecule has 5 heterocycles. The van der Waals surface area contributed by atoms with Crippen molar-refractivity contribution >= 4 is 11.9 Å². The molecule has 1 amide bonds. The minimum atomic E-state index is 0.190. The van der Waals surface area contributed by atoms with Gasteiger partial charge in [0.1, 0.15) is 0 Å². The quantitative estimate of drug-likeness (QED) is 0.570. The number of likely N-dealkylation sites (tertiary alicyclic amines) is 1. The molecule has 0 unspecified atom stereocenters. The lowest BCUT2D eigenvalue weighted by molar-refractivity contribution is -0.132. The number of carbonyl (C=O) groups excluding carboxylic acids is 1. The van der Waals surface area contributed by atoms with Crippen molar-refractivity contribution in [2.75, 3.05) is 31.1 Å². The molecule has 2 saturated heterocycles. The fraction of sp³-hybridized carbons (Fsp3) is 0.542. The van der Waals surface area contributed by atoms with Crippen molar-refractivity contribution in [3.8, 4) is 11.3 Å². The number of amides is 1. The molecule has 0 spiro atoms. The Morgan fingerprint density at radius 2 is 1.94 bits per heavy atom. The maximum absolute atomic E-state index is 12.8. The SMILES string of the molecule is Cc1cc(-c2cnc(N3CCCC3)nc2C2CCN(C(=O)CCn3nccc3C)CC2)on1. The van der Waals surface area contributed by atoms with Gasteiger partial charge in [-0.3, -0.25) is 9.48 Å². The summed E-state index contributed by atoms with van der Waals surface area (Å²) in [5.74, 6) is 1.96. The summed E-state index contributed by atoms with van der Waals surface area (Å²) < 4.78 is 7.45. The van der Waals surface area contributed by atoms with Gasteiger partial charge in [-0.05, 0) is 45.6 Å². The van der Waals surface area contributed by atoms with Crippen molar-refractivity contribution in [2.24, 2.45) is 0 Å². The summed E-state index contributed by atoms with van der Waals surface area (Å²) in [6.07, 6.45) is 8.26.